The molecule has 0 aromatic carbocycles. The van der Waals surface area contributed by atoms with Gasteiger partial charge in [0.15, 0.2) is 0 Å². The molecule has 0 aliphatic carbocycles. The molecule has 3 N–H and O–H groups in total. The number of imidazole rings is 3. The van der Waals surface area contributed by atoms with Gasteiger partial charge in [0.2, 0.25) is 0 Å². The largest absolute Gasteiger partial charge is 0.464 e. The Balaban J connectivity index is -0.000000159. The van der Waals surface area contributed by atoms with Gasteiger partial charge in [0.25, 0.3) is 0 Å². The topological polar surface area (TPSA) is 184 Å². The zero-order valence-electron chi connectivity index (χ0n) is 55.2. The van der Waals surface area contributed by atoms with Gasteiger partial charge >= 0.3 is 5.97 Å². The average Bonchev–Trinajstić information content (AvgIpc) is 4.11. The van der Waals surface area contributed by atoms with E-state index in [1.807, 2.05) is 106 Å². The monoisotopic (exact) mass is 2370 g/mol. The minimum absolute atomic E-state index is 0. The SMILES string of the molecule is CC(C)(C)C1C=CC(=O)O1.CC(C)(C)c1[c-]n[nH]c1.CC(C)(C)c1c[c-]n[nH]1.CC(C)(C)c1cn[c-][nH]1.Cn1[c-]nc(C(C)(C)C)c1.Cn1[c-]ncc1C(C)(C)C.Cn1cc(C(C)(C)C)[c-]n1.Cn1n[c-]cc1C(C)(C)C.[Re].[Re].[Re].[Re].[Re].[Re].[Re]. The van der Waals surface area contributed by atoms with Gasteiger partial charge in [0.1, 0.15) is 6.10 Å². The van der Waals surface area contributed by atoms with Crippen molar-refractivity contribution in [1.82, 2.24) is 69.0 Å². The van der Waals surface area contributed by atoms with E-state index >= 15 is 0 Å². The fraction of sp³-hybridized carbons (Fsp3) is 0.607. The van der Waals surface area contributed by atoms with Crippen molar-refractivity contribution < 1.29 is 152 Å². The maximum Gasteiger partial charge on any atom is 0.331 e. The molecular formula is C61H97N14O2Re7-7. The van der Waals surface area contributed by atoms with E-state index in [9.17, 15) is 4.79 Å². The number of hydrogen-bond acceptors (Lipinski definition) is 9. The molecule has 7 aromatic rings. The fourth-order valence-electron chi connectivity index (χ4n) is 6.16. The van der Waals surface area contributed by atoms with Crippen LogP contribution >= 0.6 is 0 Å². The Labute approximate surface area is 603 Å². The molecular weight excluding hydrogens is 2260 g/mol. The van der Waals surface area contributed by atoms with Gasteiger partial charge in [-0.15, -0.1) is 78.5 Å². The van der Waals surface area contributed by atoms with Crippen LogP contribution in [0.15, 0.2) is 55.3 Å². The van der Waals surface area contributed by atoms with E-state index in [0.717, 1.165) is 28.2 Å². The second-order valence-corrected chi connectivity index (χ2v) is 27.3. The number of hydrogen-bond donors (Lipinski definition) is 3. The molecule has 1 unspecified atom stereocenters. The van der Waals surface area contributed by atoms with Gasteiger partial charge in [-0.05, 0) is 37.3 Å². The van der Waals surface area contributed by atoms with Crippen molar-refractivity contribution in [2.45, 2.75) is 210 Å². The summed E-state index contributed by atoms with van der Waals surface area (Å²) in [4.78, 5) is 25.4. The summed E-state index contributed by atoms with van der Waals surface area (Å²) in [7, 11) is 7.75. The van der Waals surface area contributed by atoms with Gasteiger partial charge in [-0.25, -0.2) is 4.79 Å². The minimum Gasteiger partial charge on any atom is -0.464 e. The van der Waals surface area contributed by atoms with E-state index in [1.165, 1.54) is 17.5 Å². The molecule has 23 heteroatoms. The van der Waals surface area contributed by atoms with Crippen LogP contribution in [0.25, 0.3) is 0 Å². The first kappa shape index (κ1) is 96.0. The van der Waals surface area contributed by atoms with E-state index in [4.69, 9.17) is 4.74 Å². The Bertz CT molecular complexity index is 2520. The Morgan fingerprint density at radius 1 is 0.536 bits per heavy atom. The third-order valence-corrected chi connectivity index (χ3v) is 11.2. The van der Waals surface area contributed by atoms with Crippen molar-refractivity contribution in [1.29, 1.82) is 0 Å². The summed E-state index contributed by atoms with van der Waals surface area (Å²) in [5.74, 6) is -0.222. The zero-order valence-corrected chi connectivity index (χ0v) is 74.2. The maximum atomic E-state index is 10.6. The summed E-state index contributed by atoms with van der Waals surface area (Å²) in [6.45, 7) is 51.2. The number of nitrogens with zero attached hydrogens (tertiary/aromatic N) is 11. The molecule has 1 aliphatic rings. The molecule has 0 fully saturated rings. The van der Waals surface area contributed by atoms with Crippen LogP contribution in [0.2, 0.25) is 0 Å². The van der Waals surface area contributed by atoms with Gasteiger partial charge in [0.05, 0.1) is 0 Å². The number of ether oxygens (including phenoxy) is 1. The Morgan fingerprint density at radius 3 is 1.26 bits per heavy atom. The van der Waals surface area contributed by atoms with Crippen molar-refractivity contribution in [2.75, 3.05) is 0 Å². The molecule has 0 bridgehead atoms. The third-order valence-electron chi connectivity index (χ3n) is 11.2. The van der Waals surface area contributed by atoms with Gasteiger partial charge < -0.3 is 73.8 Å². The molecule has 0 amide bonds. The first-order chi connectivity index (χ1) is 34.8. The summed E-state index contributed by atoms with van der Waals surface area (Å²) in [6, 6.07) is 3.81. The van der Waals surface area contributed by atoms with Crippen LogP contribution in [-0.2, 0) is 219 Å². The first-order valence-corrected chi connectivity index (χ1v) is 26.1. The van der Waals surface area contributed by atoms with E-state index in [1.54, 1.807) is 10.9 Å². The van der Waals surface area contributed by atoms with E-state index < -0.39 is 0 Å². The van der Waals surface area contributed by atoms with Gasteiger partial charge in [-0.1, -0.05) is 199 Å². The summed E-state index contributed by atoms with van der Waals surface area (Å²) in [5, 5.41) is 21.0. The number of esters is 1. The Hall–Kier alpha value is -1.68. The summed E-state index contributed by atoms with van der Waals surface area (Å²) in [5.41, 5.74) is 9.31. The number of carbonyl (C=O) groups is 1. The van der Waals surface area contributed by atoms with Crippen molar-refractivity contribution in [3.63, 3.8) is 0 Å². The molecule has 0 saturated carbocycles. The predicted octanol–water partition coefficient (Wildman–Crippen LogP) is 12.1. The first-order valence-electron chi connectivity index (χ1n) is 26.1. The van der Waals surface area contributed by atoms with Crippen molar-refractivity contribution in [3.05, 3.63) is 139 Å². The molecule has 0 spiro atoms. The van der Waals surface area contributed by atoms with E-state index in [2.05, 4.69) is 240 Å². The van der Waals surface area contributed by atoms with E-state index in [-0.39, 0.29) is 198 Å². The van der Waals surface area contributed by atoms with Crippen molar-refractivity contribution in [3.8, 4) is 0 Å². The molecule has 7 radical (unpaired) electrons. The van der Waals surface area contributed by atoms with Crippen molar-refractivity contribution >= 4 is 5.97 Å². The summed E-state index contributed by atoms with van der Waals surface area (Å²) >= 11 is 0. The van der Waals surface area contributed by atoms with Crippen molar-refractivity contribution in [2.24, 2.45) is 33.6 Å². The second-order valence-electron chi connectivity index (χ2n) is 27.3. The van der Waals surface area contributed by atoms with E-state index in [0.29, 0.717) is 0 Å². The number of carbonyl (C=O) groups excluding carboxylic acids is 1. The average molecular weight is 2360 g/mol. The number of H-pyrrole nitrogens is 3. The quantitative estimate of drug-likeness (QED) is 0.0982. The second kappa shape index (κ2) is 41.6. The molecule has 479 valence electrons. The van der Waals surface area contributed by atoms with Crippen LogP contribution in [0.3, 0.4) is 0 Å². The molecule has 16 nitrogen and oxygen atoms in total. The van der Waals surface area contributed by atoms with Crippen LogP contribution < -0.4 is 0 Å². The molecule has 8 rings (SSSR count). The predicted molar refractivity (Wildman–Crippen MR) is 310 cm³/mol. The molecule has 1 atom stereocenters. The van der Waals surface area contributed by atoms with Crippen LogP contribution in [0.5, 0.6) is 0 Å². The van der Waals surface area contributed by atoms with Crippen LogP contribution in [0.1, 0.15) is 206 Å². The summed E-state index contributed by atoms with van der Waals surface area (Å²) in [6.07, 6.45) is 32.5. The van der Waals surface area contributed by atoms with Gasteiger partial charge in [-0.3, -0.25) is 0 Å². The number of aryl methyl sites for hydroxylation is 4. The number of cyclic esters (lactones) is 1. The smallest absolute Gasteiger partial charge is 0.331 e. The Morgan fingerprint density at radius 2 is 1.07 bits per heavy atom. The normalized spacial score (nSPS) is 12.5. The summed E-state index contributed by atoms with van der Waals surface area (Å²) < 4.78 is 12.4. The maximum absolute atomic E-state index is 10.6. The zero-order chi connectivity index (χ0) is 59.6. The van der Waals surface area contributed by atoms with Crippen LogP contribution in [0, 0.1) is 49.2 Å². The van der Waals surface area contributed by atoms with Crippen LogP contribution in [-0.4, -0.2) is 81.1 Å². The molecule has 84 heavy (non-hydrogen) atoms. The number of nitrogens with one attached hydrogen (secondary N) is 3. The van der Waals surface area contributed by atoms with Gasteiger partial charge in [-0.2, -0.15) is 23.3 Å². The van der Waals surface area contributed by atoms with Crippen LogP contribution in [0.4, 0.5) is 0 Å². The molecule has 1 aliphatic heterocycles. The fourth-order valence-corrected chi connectivity index (χ4v) is 6.16. The van der Waals surface area contributed by atoms with Gasteiger partial charge in [0, 0.05) is 181 Å². The Kier molecular flexibility index (Phi) is 47.5. The molecule has 0 saturated heterocycles. The number of rotatable bonds is 0. The molecule has 7 aromatic heterocycles. The minimum atomic E-state index is -0.222. The number of aromatic amines is 3. The number of aromatic nitrogens is 14. The molecule has 8 heterocycles. The third kappa shape index (κ3) is 38.7. The standard InChI is InChI=1S/4C8H13N2.C8H12O2.3C7H11N2.7Re/c1-8(2,3)7-5-10(4)6-9-7;1-8(2,3)7-5-9-6-10(7)4;1-8(2,3)7-5-9-10(4)6-7;1-8(2,3)7-5-6-9-10(7)4;1-8(2,3)6-4-5-7(9)10-6;1-7(2,3)6-4-8-5-9-6;1-7(2,3)6-4-8-9-5-6;1-7(2,3)6-4-5-8-9-6;;;;;;;/h2*5H,1-4H3;6H,1-4H3;5H,1-4H3;4-6H,1-3H3;3*4H,1-3H3,(H,8,9);;;;;;;/q4*-1;;3*-1;;;;;;;.